The Morgan fingerprint density at radius 2 is 1.70 bits per heavy atom. The average molecular weight is 494 g/mol. The summed E-state index contributed by atoms with van der Waals surface area (Å²) in [6.07, 6.45) is 2.77. The van der Waals surface area contributed by atoms with E-state index in [1.165, 1.54) is 28.6 Å². The van der Waals surface area contributed by atoms with E-state index in [9.17, 15) is 18.0 Å². The SMILES string of the molecule is Cc1cc(Br)ccc1NC(=O)CNC(=O)c1ccc(S(=O)(=O)N2CCCCC2)cc1. The van der Waals surface area contributed by atoms with E-state index in [1.54, 1.807) is 6.07 Å². The molecule has 1 fully saturated rings. The van der Waals surface area contributed by atoms with Crippen LogP contribution < -0.4 is 10.6 Å². The number of hydrogen-bond acceptors (Lipinski definition) is 4. The van der Waals surface area contributed by atoms with Crippen LogP contribution in [0.5, 0.6) is 0 Å². The first kappa shape index (κ1) is 22.5. The van der Waals surface area contributed by atoms with E-state index in [-0.39, 0.29) is 17.3 Å². The summed E-state index contributed by atoms with van der Waals surface area (Å²) in [6.45, 7) is 2.73. The van der Waals surface area contributed by atoms with Crippen molar-refractivity contribution in [2.45, 2.75) is 31.1 Å². The van der Waals surface area contributed by atoms with E-state index >= 15 is 0 Å². The normalized spacial score (nSPS) is 14.9. The highest BCUT2D eigenvalue weighted by molar-refractivity contribution is 9.10. The van der Waals surface area contributed by atoms with Gasteiger partial charge >= 0.3 is 0 Å². The summed E-state index contributed by atoms with van der Waals surface area (Å²) >= 11 is 3.37. The van der Waals surface area contributed by atoms with Gasteiger partial charge in [-0.05, 0) is 67.8 Å². The monoisotopic (exact) mass is 493 g/mol. The van der Waals surface area contributed by atoms with Gasteiger partial charge in [0, 0.05) is 28.8 Å². The van der Waals surface area contributed by atoms with Gasteiger partial charge in [0.25, 0.3) is 5.91 Å². The molecule has 2 aromatic carbocycles. The van der Waals surface area contributed by atoms with Gasteiger partial charge in [-0.25, -0.2) is 8.42 Å². The van der Waals surface area contributed by atoms with E-state index in [0.717, 1.165) is 29.3 Å². The second kappa shape index (κ2) is 9.72. The fraction of sp³-hybridized carbons (Fsp3) is 0.333. The van der Waals surface area contributed by atoms with Crippen LogP contribution in [0, 0.1) is 6.92 Å². The van der Waals surface area contributed by atoms with Gasteiger partial charge in [0.1, 0.15) is 0 Å². The molecule has 9 heteroatoms. The van der Waals surface area contributed by atoms with Crippen molar-refractivity contribution >= 4 is 43.5 Å². The number of carbonyl (C=O) groups excluding carboxylic acids is 2. The lowest BCUT2D eigenvalue weighted by molar-refractivity contribution is -0.115. The van der Waals surface area contributed by atoms with Crippen LogP contribution in [-0.2, 0) is 14.8 Å². The summed E-state index contributed by atoms with van der Waals surface area (Å²) in [4.78, 5) is 24.6. The van der Waals surface area contributed by atoms with E-state index in [1.807, 2.05) is 19.1 Å². The number of hydrogen-bond donors (Lipinski definition) is 2. The molecule has 3 rings (SSSR count). The van der Waals surface area contributed by atoms with Gasteiger partial charge < -0.3 is 10.6 Å². The topological polar surface area (TPSA) is 95.6 Å². The Balaban J connectivity index is 1.57. The molecule has 2 aromatic rings. The number of sulfonamides is 1. The van der Waals surface area contributed by atoms with Crippen LogP contribution in [0.3, 0.4) is 0 Å². The minimum atomic E-state index is -3.54. The Kier molecular flexibility index (Phi) is 7.27. The zero-order valence-electron chi connectivity index (χ0n) is 16.7. The lowest BCUT2D eigenvalue weighted by Crippen LogP contribution is -2.35. The van der Waals surface area contributed by atoms with Gasteiger partial charge in [-0.3, -0.25) is 9.59 Å². The molecule has 1 aliphatic rings. The molecule has 0 unspecified atom stereocenters. The Morgan fingerprint density at radius 3 is 2.33 bits per heavy atom. The molecule has 30 heavy (non-hydrogen) atoms. The minimum Gasteiger partial charge on any atom is -0.343 e. The second-order valence-electron chi connectivity index (χ2n) is 7.18. The molecule has 1 aliphatic heterocycles. The van der Waals surface area contributed by atoms with Crippen molar-refractivity contribution in [2.24, 2.45) is 0 Å². The van der Waals surface area contributed by atoms with Gasteiger partial charge in [0.15, 0.2) is 0 Å². The van der Waals surface area contributed by atoms with Crippen molar-refractivity contribution in [3.8, 4) is 0 Å². The quantitative estimate of drug-likeness (QED) is 0.645. The molecule has 1 saturated heterocycles. The number of halogens is 1. The Labute approximate surface area is 185 Å². The van der Waals surface area contributed by atoms with Crippen LogP contribution in [0.1, 0.15) is 35.2 Å². The molecule has 0 atom stereocenters. The van der Waals surface area contributed by atoms with Gasteiger partial charge in [-0.15, -0.1) is 0 Å². The summed E-state index contributed by atoms with van der Waals surface area (Å²) in [5.74, 6) is -0.794. The molecule has 0 bridgehead atoms. The molecule has 2 N–H and O–H groups in total. The molecule has 0 aliphatic carbocycles. The summed E-state index contributed by atoms with van der Waals surface area (Å²) in [5, 5.41) is 5.30. The van der Waals surface area contributed by atoms with Gasteiger partial charge in [0.2, 0.25) is 15.9 Å². The maximum atomic E-state index is 12.7. The molecule has 160 valence electrons. The number of aryl methyl sites for hydroxylation is 1. The van der Waals surface area contributed by atoms with Gasteiger partial charge in [0.05, 0.1) is 11.4 Å². The smallest absolute Gasteiger partial charge is 0.251 e. The second-order valence-corrected chi connectivity index (χ2v) is 10.0. The Bertz CT molecular complexity index is 1030. The summed E-state index contributed by atoms with van der Waals surface area (Å²) < 4.78 is 27.8. The van der Waals surface area contributed by atoms with E-state index < -0.39 is 15.9 Å². The first-order valence-electron chi connectivity index (χ1n) is 9.72. The van der Waals surface area contributed by atoms with E-state index in [2.05, 4.69) is 26.6 Å². The Hall–Kier alpha value is -2.23. The maximum Gasteiger partial charge on any atom is 0.251 e. The summed E-state index contributed by atoms with van der Waals surface area (Å²) in [6, 6.07) is 11.3. The number of nitrogens with zero attached hydrogens (tertiary/aromatic N) is 1. The minimum absolute atomic E-state index is 0.171. The lowest BCUT2D eigenvalue weighted by atomic mass is 10.2. The fourth-order valence-electron chi connectivity index (χ4n) is 3.26. The highest BCUT2D eigenvalue weighted by Gasteiger charge is 2.25. The predicted octanol–water partition coefficient (Wildman–Crippen LogP) is 3.30. The van der Waals surface area contributed by atoms with Crippen LogP contribution in [0.25, 0.3) is 0 Å². The number of carbonyl (C=O) groups is 2. The fourth-order valence-corrected chi connectivity index (χ4v) is 5.25. The number of rotatable bonds is 6. The maximum absolute atomic E-state index is 12.7. The molecule has 0 saturated carbocycles. The number of benzene rings is 2. The van der Waals surface area contributed by atoms with Crippen LogP contribution >= 0.6 is 15.9 Å². The highest BCUT2D eigenvalue weighted by atomic mass is 79.9. The van der Waals surface area contributed by atoms with Gasteiger partial charge in [-0.1, -0.05) is 22.4 Å². The molecule has 0 spiro atoms. The standard InChI is InChI=1S/C21H24BrN3O4S/c1-15-13-17(22)7-10-19(15)24-20(26)14-23-21(27)16-5-8-18(9-6-16)30(28,29)25-11-3-2-4-12-25/h5-10,13H,2-4,11-12,14H2,1H3,(H,23,27)(H,24,26). The predicted molar refractivity (Wildman–Crippen MR) is 119 cm³/mol. The van der Waals surface area contributed by atoms with E-state index in [0.29, 0.717) is 24.3 Å². The molecular formula is C21H24BrN3O4S. The third-order valence-electron chi connectivity index (χ3n) is 4.94. The van der Waals surface area contributed by atoms with Crippen molar-refractivity contribution < 1.29 is 18.0 Å². The molecule has 0 radical (unpaired) electrons. The third kappa shape index (κ3) is 5.47. The number of anilines is 1. The van der Waals surface area contributed by atoms with Crippen molar-refractivity contribution in [1.82, 2.24) is 9.62 Å². The van der Waals surface area contributed by atoms with Gasteiger partial charge in [-0.2, -0.15) is 4.31 Å². The van der Waals surface area contributed by atoms with Crippen molar-refractivity contribution in [3.05, 3.63) is 58.1 Å². The molecule has 7 nitrogen and oxygen atoms in total. The van der Waals surface area contributed by atoms with Crippen LogP contribution in [-0.4, -0.2) is 44.2 Å². The first-order chi connectivity index (χ1) is 14.3. The molecule has 1 heterocycles. The molecule has 0 aromatic heterocycles. The molecular weight excluding hydrogens is 470 g/mol. The zero-order valence-corrected chi connectivity index (χ0v) is 19.1. The lowest BCUT2D eigenvalue weighted by Gasteiger charge is -2.25. The number of amides is 2. The van der Waals surface area contributed by atoms with Crippen molar-refractivity contribution in [3.63, 3.8) is 0 Å². The first-order valence-corrected chi connectivity index (χ1v) is 11.9. The Morgan fingerprint density at radius 1 is 1.03 bits per heavy atom. The largest absolute Gasteiger partial charge is 0.343 e. The third-order valence-corrected chi connectivity index (χ3v) is 7.35. The van der Waals surface area contributed by atoms with Crippen molar-refractivity contribution in [1.29, 1.82) is 0 Å². The summed E-state index contributed by atoms with van der Waals surface area (Å²) in [7, 11) is -3.54. The average Bonchev–Trinajstić information content (AvgIpc) is 2.75. The highest BCUT2D eigenvalue weighted by Crippen LogP contribution is 2.21. The zero-order chi connectivity index (χ0) is 21.7. The molecule has 2 amide bonds. The van der Waals surface area contributed by atoms with Crippen molar-refractivity contribution in [2.75, 3.05) is 25.0 Å². The number of nitrogens with one attached hydrogen (secondary N) is 2. The van der Waals surface area contributed by atoms with Crippen LogP contribution in [0.15, 0.2) is 51.8 Å². The van der Waals surface area contributed by atoms with Crippen LogP contribution in [0.2, 0.25) is 0 Å². The van der Waals surface area contributed by atoms with Crippen LogP contribution in [0.4, 0.5) is 5.69 Å². The van der Waals surface area contributed by atoms with E-state index in [4.69, 9.17) is 0 Å². The number of piperidine rings is 1. The summed E-state index contributed by atoms with van der Waals surface area (Å²) in [5.41, 5.74) is 1.86.